The first-order valence-electron chi connectivity index (χ1n) is 7.03. The van der Waals surface area contributed by atoms with E-state index in [-0.39, 0.29) is 5.41 Å². The molecule has 1 aromatic rings. The SMILES string of the molecule is C#CC(CCCC)(c1ccc(C)c(C)c1)C(C)C. The standard InChI is InChI=1S/C18H26/c1-7-9-12-18(8-2,14(3)4)17-11-10-15(5)16(6)13-17/h2,10-11,13-14H,7,9,12H2,1,3-6H3. The van der Waals surface area contributed by atoms with Crippen LogP contribution in [0.1, 0.15) is 56.7 Å². The average molecular weight is 242 g/mol. The number of hydrogen-bond acceptors (Lipinski definition) is 0. The fraction of sp³-hybridized carbons (Fsp3) is 0.556. The van der Waals surface area contributed by atoms with Gasteiger partial charge in [0.05, 0.1) is 5.41 Å². The van der Waals surface area contributed by atoms with Crippen LogP contribution in [0.2, 0.25) is 0 Å². The number of terminal acetylenes is 1. The molecule has 1 aromatic carbocycles. The van der Waals surface area contributed by atoms with Crippen molar-refractivity contribution in [1.29, 1.82) is 0 Å². The number of benzene rings is 1. The molecule has 1 atom stereocenters. The van der Waals surface area contributed by atoms with E-state index in [0.717, 1.165) is 6.42 Å². The smallest absolute Gasteiger partial charge is 0.0583 e. The molecule has 1 rings (SSSR count). The summed E-state index contributed by atoms with van der Waals surface area (Å²) in [5.41, 5.74) is 3.89. The molecular formula is C18H26. The normalized spacial score (nSPS) is 14.3. The molecule has 0 aliphatic carbocycles. The molecule has 0 heterocycles. The summed E-state index contributed by atoms with van der Waals surface area (Å²) in [6.07, 6.45) is 9.39. The topological polar surface area (TPSA) is 0 Å². The lowest BCUT2D eigenvalue weighted by molar-refractivity contribution is 0.362. The Labute approximate surface area is 113 Å². The first kappa shape index (κ1) is 14.8. The molecule has 0 saturated heterocycles. The summed E-state index contributed by atoms with van der Waals surface area (Å²) in [4.78, 5) is 0. The van der Waals surface area contributed by atoms with Crippen LogP contribution >= 0.6 is 0 Å². The Hall–Kier alpha value is -1.22. The second kappa shape index (κ2) is 6.10. The first-order chi connectivity index (χ1) is 8.47. The van der Waals surface area contributed by atoms with Crippen LogP contribution in [0, 0.1) is 32.1 Å². The van der Waals surface area contributed by atoms with Gasteiger partial charge in [0, 0.05) is 0 Å². The molecule has 18 heavy (non-hydrogen) atoms. The van der Waals surface area contributed by atoms with E-state index in [2.05, 4.69) is 58.7 Å². The van der Waals surface area contributed by atoms with Crippen LogP contribution in [0.25, 0.3) is 0 Å². The van der Waals surface area contributed by atoms with Gasteiger partial charge >= 0.3 is 0 Å². The fourth-order valence-corrected chi connectivity index (χ4v) is 2.56. The Balaban J connectivity index is 3.24. The van der Waals surface area contributed by atoms with Gasteiger partial charge in [-0.05, 0) is 42.9 Å². The predicted octanol–water partition coefficient (Wildman–Crippen LogP) is 5.02. The van der Waals surface area contributed by atoms with E-state index in [1.54, 1.807) is 0 Å². The highest BCUT2D eigenvalue weighted by Crippen LogP contribution is 2.37. The van der Waals surface area contributed by atoms with E-state index < -0.39 is 0 Å². The van der Waals surface area contributed by atoms with Gasteiger partial charge in [-0.2, -0.15) is 0 Å². The molecule has 0 N–H and O–H groups in total. The van der Waals surface area contributed by atoms with E-state index in [1.807, 2.05) is 0 Å². The van der Waals surface area contributed by atoms with Gasteiger partial charge in [-0.3, -0.25) is 0 Å². The highest BCUT2D eigenvalue weighted by atomic mass is 14.3. The summed E-state index contributed by atoms with van der Waals surface area (Å²) in [6.45, 7) is 11.0. The quantitative estimate of drug-likeness (QED) is 0.636. The van der Waals surface area contributed by atoms with Gasteiger partial charge < -0.3 is 0 Å². The third kappa shape index (κ3) is 2.78. The van der Waals surface area contributed by atoms with Crippen LogP contribution in [0.3, 0.4) is 0 Å². The molecule has 0 bridgehead atoms. The Morgan fingerprint density at radius 3 is 2.33 bits per heavy atom. The van der Waals surface area contributed by atoms with Crippen LogP contribution in [0.4, 0.5) is 0 Å². The monoisotopic (exact) mass is 242 g/mol. The maximum absolute atomic E-state index is 5.92. The van der Waals surface area contributed by atoms with Crippen molar-refractivity contribution in [2.45, 2.75) is 59.3 Å². The molecule has 0 aliphatic heterocycles. The molecule has 0 aromatic heterocycles. The molecule has 0 fully saturated rings. The zero-order valence-electron chi connectivity index (χ0n) is 12.5. The molecular weight excluding hydrogens is 216 g/mol. The molecule has 0 amide bonds. The van der Waals surface area contributed by atoms with E-state index in [9.17, 15) is 0 Å². The third-order valence-electron chi connectivity index (χ3n) is 4.19. The highest BCUT2D eigenvalue weighted by molar-refractivity contribution is 5.40. The van der Waals surface area contributed by atoms with Crippen molar-refractivity contribution in [1.82, 2.24) is 0 Å². The second-order valence-corrected chi connectivity index (χ2v) is 5.67. The molecule has 0 aliphatic rings. The number of rotatable bonds is 5. The Morgan fingerprint density at radius 1 is 1.22 bits per heavy atom. The molecule has 1 unspecified atom stereocenters. The molecule has 0 heteroatoms. The molecule has 0 radical (unpaired) electrons. The Kier molecular flexibility index (Phi) is 5.03. The van der Waals surface area contributed by atoms with Crippen molar-refractivity contribution >= 4 is 0 Å². The van der Waals surface area contributed by atoms with Crippen LogP contribution in [0.5, 0.6) is 0 Å². The van der Waals surface area contributed by atoms with Crippen molar-refractivity contribution in [2.75, 3.05) is 0 Å². The van der Waals surface area contributed by atoms with Gasteiger partial charge in [-0.15, -0.1) is 6.42 Å². The summed E-state index contributed by atoms with van der Waals surface area (Å²) >= 11 is 0. The van der Waals surface area contributed by atoms with Crippen LogP contribution in [0.15, 0.2) is 18.2 Å². The second-order valence-electron chi connectivity index (χ2n) is 5.67. The molecule has 98 valence electrons. The van der Waals surface area contributed by atoms with E-state index >= 15 is 0 Å². The van der Waals surface area contributed by atoms with Crippen LogP contribution in [-0.4, -0.2) is 0 Å². The summed E-state index contributed by atoms with van der Waals surface area (Å²) in [5.74, 6) is 3.58. The van der Waals surface area contributed by atoms with Gasteiger partial charge in [-0.25, -0.2) is 0 Å². The lowest BCUT2D eigenvalue weighted by Gasteiger charge is -2.34. The van der Waals surface area contributed by atoms with Crippen molar-refractivity contribution in [3.8, 4) is 12.3 Å². The maximum Gasteiger partial charge on any atom is 0.0583 e. The third-order valence-corrected chi connectivity index (χ3v) is 4.19. The zero-order valence-corrected chi connectivity index (χ0v) is 12.5. The van der Waals surface area contributed by atoms with E-state index in [4.69, 9.17) is 6.42 Å². The minimum absolute atomic E-state index is 0.103. The molecule has 0 saturated carbocycles. The van der Waals surface area contributed by atoms with Crippen LogP contribution < -0.4 is 0 Å². The fourth-order valence-electron chi connectivity index (χ4n) is 2.56. The maximum atomic E-state index is 5.92. The van der Waals surface area contributed by atoms with E-state index in [1.165, 1.54) is 29.5 Å². The van der Waals surface area contributed by atoms with Crippen LogP contribution in [-0.2, 0) is 5.41 Å². The summed E-state index contributed by atoms with van der Waals surface area (Å²) in [7, 11) is 0. The number of aryl methyl sites for hydroxylation is 2. The van der Waals surface area contributed by atoms with E-state index in [0.29, 0.717) is 5.92 Å². The Morgan fingerprint density at radius 2 is 1.89 bits per heavy atom. The minimum Gasteiger partial charge on any atom is -0.119 e. The predicted molar refractivity (Wildman–Crippen MR) is 80.8 cm³/mol. The van der Waals surface area contributed by atoms with Crippen molar-refractivity contribution in [3.63, 3.8) is 0 Å². The molecule has 0 nitrogen and oxygen atoms in total. The largest absolute Gasteiger partial charge is 0.119 e. The lowest BCUT2D eigenvalue weighted by atomic mass is 9.69. The Bertz CT molecular complexity index is 434. The average Bonchev–Trinajstić information content (AvgIpc) is 2.34. The minimum atomic E-state index is -0.103. The zero-order chi connectivity index (χ0) is 13.8. The van der Waals surface area contributed by atoms with Gasteiger partial charge in [-0.1, -0.05) is 57.7 Å². The van der Waals surface area contributed by atoms with Crippen molar-refractivity contribution in [3.05, 3.63) is 34.9 Å². The van der Waals surface area contributed by atoms with Crippen molar-refractivity contribution in [2.24, 2.45) is 5.92 Å². The summed E-state index contributed by atoms with van der Waals surface area (Å²) in [5, 5.41) is 0. The summed E-state index contributed by atoms with van der Waals surface area (Å²) < 4.78 is 0. The number of hydrogen-bond donors (Lipinski definition) is 0. The van der Waals surface area contributed by atoms with Crippen molar-refractivity contribution < 1.29 is 0 Å². The van der Waals surface area contributed by atoms with Gasteiger partial charge in [0.1, 0.15) is 0 Å². The first-order valence-corrected chi connectivity index (χ1v) is 7.03. The molecule has 0 spiro atoms. The lowest BCUT2D eigenvalue weighted by Crippen LogP contribution is -2.30. The summed E-state index contributed by atoms with van der Waals surface area (Å²) in [6, 6.07) is 6.70. The van der Waals surface area contributed by atoms with Gasteiger partial charge in [0.25, 0.3) is 0 Å². The number of unbranched alkanes of at least 4 members (excludes halogenated alkanes) is 1. The highest BCUT2D eigenvalue weighted by Gasteiger charge is 2.33. The van der Waals surface area contributed by atoms with Gasteiger partial charge in [0.15, 0.2) is 0 Å². The van der Waals surface area contributed by atoms with Gasteiger partial charge in [0.2, 0.25) is 0 Å².